The van der Waals surface area contributed by atoms with E-state index < -0.39 is 21.7 Å². The standard InChI is InChI=1S/C19H18N2O5S2/c1-4-28(24,25)14-8-5-12(6-9-14)17(22)20-19-21(2)15-10-7-13(18(23)26-3)11-16(15)27-19/h5-11H,4H2,1-3H3. The van der Waals surface area contributed by atoms with Gasteiger partial charge in [0.05, 0.1) is 33.5 Å². The van der Waals surface area contributed by atoms with Gasteiger partial charge in [-0.1, -0.05) is 18.3 Å². The topological polar surface area (TPSA) is 94.8 Å². The fraction of sp³-hybridized carbons (Fsp3) is 0.211. The zero-order chi connectivity index (χ0) is 20.5. The van der Waals surface area contributed by atoms with E-state index >= 15 is 0 Å². The zero-order valence-corrected chi connectivity index (χ0v) is 17.1. The minimum absolute atomic E-state index is 0.00412. The van der Waals surface area contributed by atoms with Crippen molar-refractivity contribution in [1.29, 1.82) is 0 Å². The Hall–Kier alpha value is -2.78. The second kappa shape index (κ2) is 7.69. The summed E-state index contributed by atoms with van der Waals surface area (Å²) in [7, 11) is -0.224. The number of fused-ring (bicyclic) bond motifs is 1. The summed E-state index contributed by atoms with van der Waals surface area (Å²) in [4.78, 5) is 29.0. The molecule has 0 radical (unpaired) electrons. The Morgan fingerprint density at radius 1 is 1.11 bits per heavy atom. The Kier molecular flexibility index (Phi) is 5.48. The minimum Gasteiger partial charge on any atom is -0.465 e. The number of aryl methyl sites for hydroxylation is 1. The third kappa shape index (κ3) is 3.76. The van der Waals surface area contributed by atoms with Crippen LogP contribution < -0.4 is 4.80 Å². The summed E-state index contributed by atoms with van der Waals surface area (Å²) in [6.45, 7) is 1.57. The van der Waals surface area contributed by atoms with E-state index in [1.165, 1.54) is 42.7 Å². The molecule has 3 rings (SSSR count). The summed E-state index contributed by atoms with van der Waals surface area (Å²) < 4.78 is 31.0. The number of carbonyl (C=O) groups excluding carboxylic acids is 2. The van der Waals surface area contributed by atoms with Crippen LogP contribution in [-0.2, 0) is 21.6 Å². The van der Waals surface area contributed by atoms with E-state index in [9.17, 15) is 18.0 Å². The van der Waals surface area contributed by atoms with E-state index in [2.05, 4.69) is 4.99 Å². The molecule has 1 amide bonds. The Labute approximate surface area is 165 Å². The van der Waals surface area contributed by atoms with Gasteiger partial charge in [-0.25, -0.2) is 13.2 Å². The molecule has 146 valence electrons. The monoisotopic (exact) mass is 418 g/mol. The van der Waals surface area contributed by atoms with Crippen molar-refractivity contribution in [3.8, 4) is 0 Å². The number of sulfone groups is 1. The molecule has 0 saturated heterocycles. The van der Waals surface area contributed by atoms with Crippen LogP contribution >= 0.6 is 11.3 Å². The Bertz CT molecular complexity index is 1240. The lowest BCUT2D eigenvalue weighted by molar-refractivity contribution is 0.0600. The average Bonchev–Trinajstić information content (AvgIpc) is 3.02. The number of carbonyl (C=O) groups is 2. The van der Waals surface area contributed by atoms with Crippen LogP contribution in [0.3, 0.4) is 0 Å². The van der Waals surface area contributed by atoms with Gasteiger partial charge in [0.1, 0.15) is 0 Å². The highest BCUT2D eigenvalue weighted by Gasteiger charge is 2.14. The molecule has 0 fully saturated rings. The van der Waals surface area contributed by atoms with Crippen LogP contribution in [0.25, 0.3) is 10.2 Å². The van der Waals surface area contributed by atoms with Gasteiger partial charge in [0.25, 0.3) is 5.91 Å². The van der Waals surface area contributed by atoms with Crippen molar-refractivity contribution in [3.63, 3.8) is 0 Å². The number of esters is 1. The molecule has 0 atom stereocenters. The number of ether oxygens (including phenoxy) is 1. The Morgan fingerprint density at radius 3 is 2.36 bits per heavy atom. The van der Waals surface area contributed by atoms with E-state index in [-0.39, 0.29) is 10.6 Å². The molecule has 0 N–H and O–H groups in total. The molecule has 0 aliphatic carbocycles. The second-order valence-electron chi connectivity index (χ2n) is 5.96. The molecule has 0 unspecified atom stereocenters. The first-order valence-corrected chi connectivity index (χ1v) is 10.8. The van der Waals surface area contributed by atoms with E-state index in [1.807, 2.05) is 0 Å². The summed E-state index contributed by atoms with van der Waals surface area (Å²) in [6, 6.07) is 10.9. The summed E-state index contributed by atoms with van der Waals surface area (Å²) in [6.07, 6.45) is 0. The lowest BCUT2D eigenvalue weighted by Crippen LogP contribution is -2.13. The SMILES string of the molecule is CCS(=O)(=O)c1ccc(C(=O)N=c2sc3cc(C(=O)OC)ccc3n2C)cc1. The first kappa shape index (κ1) is 20.0. The van der Waals surface area contributed by atoms with Crippen molar-refractivity contribution in [2.75, 3.05) is 12.9 Å². The first-order valence-electron chi connectivity index (χ1n) is 8.36. The predicted molar refractivity (Wildman–Crippen MR) is 106 cm³/mol. The number of nitrogens with zero attached hydrogens (tertiary/aromatic N) is 2. The van der Waals surface area contributed by atoms with Crippen LogP contribution in [0, 0.1) is 0 Å². The molecule has 28 heavy (non-hydrogen) atoms. The highest BCUT2D eigenvalue weighted by atomic mass is 32.2. The molecule has 0 saturated carbocycles. The smallest absolute Gasteiger partial charge is 0.337 e. The van der Waals surface area contributed by atoms with Gasteiger partial charge in [0.2, 0.25) is 0 Å². The van der Waals surface area contributed by atoms with Crippen molar-refractivity contribution in [1.82, 2.24) is 4.57 Å². The van der Waals surface area contributed by atoms with Gasteiger partial charge in [-0.15, -0.1) is 0 Å². The van der Waals surface area contributed by atoms with Crippen molar-refractivity contribution in [2.24, 2.45) is 12.0 Å². The molecule has 1 heterocycles. The largest absolute Gasteiger partial charge is 0.465 e. The van der Waals surface area contributed by atoms with Crippen LogP contribution in [0.2, 0.25) is 0 Å². The van der Waals surface area contributed by atoms with E-state index in [0.717, 1.165) is 10.2 Å². The summed E-state index contributed by atoms with van der Waals surface area (Å²) >= 11 is 1.27. The number of benzene rings is 2. The summed E-state index contributed by atoms with van der Waals surface area (Å²) in [5.74, 6) is -0.916. The number of methoxy groups -OCH3 is 1. The van der Waals surface area contributed by atoms with Crippen LogP contribution in [0.1, 0.15) is 27.6 Å². The fourth-order valence-electron chi connectivity index (χ4n) is 2.61. The highest BCUT2D eigenvalue weighted by molar-refractivity contribution is 7.91. The van der Waals surface area contributed by atoms with Crippen molar-refractivity contribution in [2.45, 2.75) is 11.8 Å². The number of amides is 1. The molecular formula is C19H18N2O5S2. The van der Waals surface area contributed by atoms with E-state index in [4.69, 9.17) is 4.74 Å². The quantitative estimate of drug-likeness (QED) is 0.607. The van der Waals surface area contributed by atoms with Crippen molar-refractivity contribution < 1.29 is 22.7 Å². The Balaban J connectivity index is 1.98. The average molecular weight is 418 g/mol. The maximum absolute atomic E-state index is 12.5. The highest BCUT2D eigenvalue weighted by Crippen LogP contribution is 2.19. The molecule has 0 spiro atoms. The van der Waals surface area contributed by atoms with Crippen LogP contribution in [0.15, 0.2) is 52.4 Å². The zero-order valence-electron chi connectivity index (χ0n) is 15.5. The van der Waals surface area contributed by atoms with Gasteiger partial charge in [-0.2, -0.15) is 4.99 Å². The van der Waals surface area contributed by atoms with Gasteiger partial charge in [0, 0.05) is 12.6 Å². The molecule has 0 aliphatic rings. The van der Waals surface area contributed by atoms with Gasteiger partial charge in [-0.3, -0.25) is 4.79 Å². The lowest BCUT2D eigenvalue weighted by atomic mass is 10.2. The van der Waals surface area contributed by atoms with E-state index in [0.29, 0.717) is 15.9 Å². The van der Waals surface area contributed by atoms with Gasteiger partial charge >= 0.3 is 5.97 Å². The number of hydrogen-bond donors (Lipinski definition) is 0. The molecule has 3 aromatic rings. The summed E-state index contributed by atoms with van der Waals surface area (Å²) in [5, 5.41) is 0. The number of rotatable bonds is 4. The molecule has 9 heteroatoms. The molecule has 0 aliphatic heterocycles. The van der Waals surface area contributed by atoms with Crippen molar-refractivity contribution in [3.05, 3.63) is 58.4 Å². The minimum atomic E-state index is -3.32. The fourth-order valence-corrected chi connectivity index (χ4v) is 4.55. The number of hydrogen-bond acceptors (Lipinski definition) is 6. The maximum Gasteiger partial charge on any atom is 0.337 e. The van der Waals surface area contributed by atoms with Crippen molar-refractivity contribution >= 4 is 43.3 Å². The number of aromatic nitrogens is 1. The molecular weight excluding hydrogens is 400 g/mol. The van der Waals surface area contributed by atoms with Crippen LogP contribution in [-0.4, -0.2) is 37.7 Å². The molecule has 1 aromatic heterocycles. The molecule has 2 aromatic carbocycles. The normalized spacial score (nSPS) is 12.3. The van der Waals surface area contributed by atoms with Gasteiger partial charge in [-0.05, 0) is 42.5 Å². The van der Waals surface area contributed by atoms with Gasteiger partial charge < -0.3 is 9.30 Å². The predicted octanol–water partition coefficient (Wildman–Crippen LogP) is 2.56. The molecule has 0 bridgehead atoms. The third-order valence-corrected chi connectivity index (χ3v) is 7.11. The van der Waals surface area contributed by atoms with Crippen LogP contribution in [0.5, 0.6) is 0 Å². The molecule has 7 nitrogen and oxygen atoms in total. The third-order valence-electron chi connectivity index (χ3n) is 4.27. The van der Waals surface area contributed by atoms with E-state index in [1.54, 1.807) is 36.7 Å². The second-order valence-corrected chi connectivity index (χ2v) is 9.25. The first-order chi connectivity index (χ1) is 13.3. The number of thiazole rings is 1. The lowest BCUT2D eigenvalue weighted by Gasteiger charge is -2.01. The maximum atomic E-state index is 12.5. The van der Waals surface area contributed by atoms with Gasteiger partial charge in [0.15, 0.2) is 14.6 Å². The Morgan fingerprint density at radius 2 is 1.75 bits per heavy atom. The van der Waals surface area contributed by atoms with Crippen LogP contribution in [0.4, 0.5) is 0 Å². The summed E-state index contributed by atoms with van der Waals surface area (Å²) in [5.41, 5.74) is 1.54.